The first kappa shape index (κ1) is 37.5. The number of amides is 6. The average Bonchev–Trinajstić information content (AvgIpc) is 3.73. The number of carbonyl (C=O) groups is 7. The number of hydrogen-bond acceptors (Lipinski definition) is 8. The maximum absolute atomic E-state index is 14.0. The molecule has 2 saturated heterocycles. The fourth-order valence-corrected chi connectivity index (χ4v) is 6.30. The lowest BCUT2D eigenvalue weighted by atomic mass is 10.0. The molecule has 3 rings (SSSR count). The molecule has 1 aromatic carbocycles. The van der Waals surface area contributed by atoms with E-state index in [2.05, 4.69) is 28.6 Å². The van der Waals surface area contributed by atoms with Crippen LogP contribution in [0, 0.1) is 5.92 Å². The number of primary amides is 1. The summed E-state index contributed by atoms with van der Waals surface area (Å²) in [6.45, 7) is 5.88. The van der Waals surface area contributed by atoms with Gasteiger partial charge in [0.25, 0.3) is 0 Å². The Morgan fingerprint density at radius 2 is 1.43 bits per heavy atom. The summed E-state index contributed by atoms with van der Waals surface area (Å²) in [4.78, 5) is 93.6. The average molecular weight is 673 g/mol. The quantitative estimate of drug-likeness (QED) is 0.158. The third-order valence-corrected chi connectivity index (χ3v) is 8.94. The molecule has 2 fully saturated rings. The third-order valence-electron chi connectivity index (χ3n) is 8.58. The van der Waals surface area contributed by atoms with Gasteiger partial charge in [-0.25, -0.2) is 0 Å². The van der Waals surface area contributed by atoms with E-state index in [9.17, 15) is 33.6 Å². The number of likely N-dealkylation sites (tertiary alicyclic amines) is 2. The summed E-state index contributed by atoms with van der Waals surface area (Å²) in [5.74, 6) is -3.32. The molecule has 0 aliphatic carbocycles. The van der Waals surface area contributed by atoms with E-state index in [1.54, 1.807) is 0 Å². The number of carbonyl (C=O) groups excluding carboxylic acids is 7. The normalized spacial score (nSPS) is 19.5. The second-order valence-corrected chi connectivity index (χ2v) is 13.0. The van der Waals surface area contributed by atoms with Crippen LogP contribution in [0.3, 0.4) is 0 Å². The number of nitrogens with two attached hydrogens (primary N) is 1. The monoisotopic (exact) mass is 672 g/mol. The maximum atomic E-state index is 14.0. The van der Waals surface area contributed by atoms with Crippen LogP contribution in [-0.2, 0) is 40.0 Å². The SMILES string of the molecule is CC(=O)N1CCC[C@H]1C(=O)N[C@@H](CCC(=O)CS)C(=O)N[C@@H](CC(C)C)C(=O)N1CCC[C@H]1C(=O)N[C@@H](Cc1ccccc1)C(N)=O. The number of thiol groups is 1. The van der Waals surface area contributed by atoms with E-state index in [0.717, 1.165) is 5.56 Å². The Kier molecular flexibility index (Phi) is 14.2. The summed E-state index contributed by atoms with van der Waals surface area (Å²) in [6.07, 6.45) is 2.42. The van der Waals surface area contributed by atoms with Gasteiger partial charge in [-0.05, 0) is 50.0 Å². The van der Waals surface area contributed by atoms with E-state index in [1.165, 1.54) is 16.7 Å². The third kappa shape index (κ3) is 10.8. The maximum Gasteiger partial charge on any atom is 0.245 e. The molecule has 0 spiro atoms. The van der Waals surface area contributed by atoms with Crippen LogP contribution < -0.4 is 21.7 Å². The number of ketones is 1. The molecule has 5 N–H and O–H groups in total. The van der Waals surface area contributed by atoms with Crippen molar-refractivity contribution in [1.82, 2.24) is 25.8 Å². The highest BCUT2D eigenvalue weighted by Gasteiger charge is 2.40. The summed E-state index contributed by atoms with van der Waals surface area (Å²) in [7, 11) is 0. The van der Waals surface area contributed by atoms with Crippen molar-refractivity contribution >= 4 is 53.9 Å². The molecule has 47 heavy (non-hydrogen) atoms. The summed E-state index contributed by atoms with van der Waals surface area (Å²) >= 11 is 4.01. The van der Waals surface area contributed by atoms with Crippen LogP contribution in [0.4, 0.5) is 0 Å². The van der Waals surface area contributed by atoms with Crippen LogP contribution in [-0.4, -0.2) is 100 Å². The first-order chi connectivity index (χ1) is 22.3. The number of Topliss-reactive ketones (excluding diaryl/α,β-unsaturated/α-hetero) is 1. The highest BCUT2D eigenvalue weighted by atomic mass is 32.1. The van der Waals surface area contributed by atoms with Gasteiger partial charge >= 0.3 is 0 Å². The van der Waals surface area contributed by atoms with Crippen LogP contribution in [0.2, 0.25) is 0 Å². The van der Waals surface area contributed by atoms with Crippen molar-refractivity contribution in [2.75, 3.05) is 18.8 Å². The predicted molar refractivity (Wildman–Crippen MR) is 178 cm³/mol. The summed E-state index contributed by atoms with van der Waals surface area (Å²) in [5, 5.41) is 8.22. The molecular formula is C33H48N6O7S. The lowest BCUT2D eigenvalue weighted by molar-refractivity contribution is -0.143. The molecule has 0 saturated carbocycles. The van der Waals surface area contributed by atoms with Gasteiger partial charge in [0, 0.05) is 38.6 Å². The molecule has 0 radical (unpaired) electrons. The number of hydrogen-bond donors (Lipinski definition) is 5. The van der Waals surface area contributed by atoms with Crippen molar-refractivity contribution in [3.05, 3.63) is 35.9 Å². The van der Waals surface area contributed by atoms with Gasteiger partial charge in [0.05, 0.1) is 0 Å². The Morgan fingerprint density at radius 3 is 1.98 bits per heavy atom. The zero-order valence-electron chi connectivity index (χ0n) is 27.4. The van der Waals surface area contributed by atoms with Gasteiger partial charge in [-0.3, -0.25) is 33.6 Å². The largest absolute Gasteiger partial charge is 0.368 e. The predicted octanol–water partition coefficient (Wildman–Crippen LogP) is 0.496. The van der Waals surface area contributed by atoms with E-state index < -0.39 is 59.7 Å². The molecule has 14 heteroatoms. The lowest BCUT2D eigenvalue weighted by Crippen LogP contribution is -2.59. The Bertz CT molecular complexity index is 1310. The molecule has 0 aromatic heterocycles. The van der Waals surface area contributed by atoms with E-state index in [1.807, 2.05) is 44.2 Å². The van der Waals surface area contributed by atoms with E-state index in [0.29, 0.717) is 32.2 Å². The van der Waals surface area contributed by atoms with Crippen LogP contribution in [0.15, 0.2) is 30.3 Å². The molecule has 2 aliphatic rings. The van der Waals surface area contributed by atoms with E-state index >= 15 is 0 Å². The van der Waals surface area contributed by atoms with Crippen molar-refractivity contribution in [3.8, 4) is 0 Å². The zero-order chi connectivity index (χ0) is 34.7. The smallest absolute Gasteiger partial charge is 0.245 e. The molecule has 0 bridgehead atoms. The molecule has 1 aromatic rings. The Hall–Kier alpha value is -3.94. The second kappa shape index (κ2) is 17.8. The topological polar surface area (TPSA) is 188 Å². The fourth-order valence-electron chi connectivity index (χ4n) is 6.15. The highest BCUT2D eigenvalue weighted by molar-refractivity contribution is 7.81. The number of nitrogens with one attached hydrogen (secondary N) is 3. The number of nitrogens with zero attached hydrogens (tertiary/aromatic N) is 2. The lowest BCUT2D eigenvalue weighted by Gasteiger charge is -2.31. The van der Waals surface area contributed by atoms with Crippen molar-refractivity contribution in [2.24, 2.45) is 11.7 Å². The van der Waals surface area contributed by atoms with Crippen molar-refractivity contribution < 1.29 is 33.6 Å². The first-order valence-corrected chi connectivity index (χ1v) is 16.9. The molecule has 6 amide bonds. The van der Waals surface area contributed by atoms with Crippen molar-refractivity contribution in [3.63, 3.8) is 0 Å². The zero-order valence-corrected chi connectivity index (χ0v) is 28.3. The van der Waals surface area contributed by atoms with Crippen molar-refractivity contribution in [1.29, 1.82) is 0 Å². The molecule has 5 atom stereocenters. The van der Waals surface area contributed by atoms with Crippen LogP contribution in [0.1, 0.15) is 71.3 Å². The van der Waals surface area contributed by atoms with Crippen LogP contribution in [0.5, 0.6) is 0 Å². The number of benzene rings is 1. The minimum absolute atomic E-state index is 0.0169. The van der Waals surface area contributed by atoms with E-state index in [4.69, 9.17) is 5.73 Å². The molecule has 2 aliphatic heterocycles. The van der Waals surface area contributed by atoms with Crippen LogP contribution >= 0.6 is 12.6 Å². The van der Waals surface area contributed by atoms with Gasteiger partial charge in [-0.1, -0.05) is 44.2 Å². The molecule has 2 heterocycles. The standard InChI is InChI=1S/C33H48N6O7S/c1-20(2)17-26(37-30(43)24(14-13-23(41)19-47)35-31(44)27-11-7-15-38(27)21(3)40)33(46)39-16-8-12-28(39)32(45)36-25(29(34)42)18-22-9-5-4-6-10-22/h4-6,9-10,20,24-28,47H,7-8,11-19H2,1-3H3,(H2,34,42)(H,35,44)(H,36,45)(H,37,43)/t24-,25-,26-,27-,28-/m0/s1. The summed E-state index contributed by atoms with van der Waals surface area (Å²) in [6, 6.07) is 4.39. The molecular weight excluding hydrogens is 624 g/mol. The Labute approximate surface area is 281 Å². The fraction of sp³-hybridized carbons (Fsp3) is 0.606. The highest BCUT2D eigenvalue weighted by Crippen LogP contribution is 2.22. The van der Waals surface area contributed by atoms with Gasteiger partial charge in [0.1, 0.15) is 36.0 Å². The van der Waals surface area contributed by atoms with Gasteiger partial charge < -0.3 is 31.5 Å². The summed E-state index contributed by atoms with van der Waals surface area (Å²) in [5.41, 5.74) is 6.42. The van der Waals surface area contributed by atoms with E-state index in [-0.39, 0.29) is 55.6 Å². The Morgan fingerprint density at radius 1 is 0.851 bits per heavy atom. The van der Waals surface area contributed by atoms with Gasteiger partial charge in [0.2, 0.25) is 35.4 Å². The Balaban J connectivity index is 1.75. The molecule has 258 valence electrons. The molecule has 0 unspecified atom stereocenters. The van der Waals surface area contributed by atoms with Gasteiger partial charge in [-0.2, -0.15) is 12.6 Å². The first-order valence-electron chi connectivity index (χ1n) is 16.3. The van der Waals surface area contributed by atoms with Gasteiger partial charge in [-0.15, -0.1) is 0 Å². The van der Waals surface area contributed by atoms with Gasteiger partial charge in [0.15, 0.2) is 0 Å². The molecule has 13 nitrogen and oxygen atoms in total. The minimum Gasteiger partial charge on any atom is -0.368 e. The minimum atomic E-state index is -1.14. The van der Waals surface area contributed by atoms with Crippen molar-refractivity contribution in [2.45, 2.75) is 102 Å². The summed E-state index contributed by atoms with van der Waals surface area (Å²) < 4.78 is 0. The second-order valence-electron chi connectivity index (χ2n) is 12.7. The number of rotatable bonds is 16. The van der Waals surface area contributed by atoms with Crippen LogP contribution in [0.25, 0.3) is 0 Å².